The standard InChI is InChI=1S/C18H20ClN3O2/c1-12-11-14(19)3-8-17(12)22-18(24)9-10-20-15-4-6-16(7-5-15)21-13(2)23/h3-8,11,20H,9-10H2,1-2H3,(H,21,23)(H,22,24). The van der Waals surface area contributed by atoms with E-state index in [1.165, 1.54) is 6.92 Å². The summed E-state index contributed by atoms with van der Waals surface area (Å²) in [6.07, 6.45) is 0.343. The minimum absolute atomic E-state index is 0.0669. The van der Waals surface area contributed by atoms with Gasteiger partial charge in [0.05, 0.1) is 0 Å². The van der Waals surface area contributed by atoms with Gasteiger partial charge in [-0.2, -0.15) is 0 Å². The van der Waals surface area contributed by atoms with Crippen LogP contribution in [-0.2, 0) is 9.59 Å². The molecule has 2 aromatic carbocycles. The molecule has 0 saturated heterocycles. The van der Waals surface area contributed by atoms with Crippen LogP contribution in [-0.4, -0.2) is 18.4 Å². The van der Waals surface area contributed by atoms with Crippen molar-refractivity contribution in [2.75, 3.05) is 22.5 Å². The third-order valence-electron chi connectivity index (χ3n) is 3.35. The van der Waals surface area contributed by atoms with Crippen molar-refractivity contribution in [2.24, 2.45) is 0 Å². The van der Waals surface area contributed by atoms with E-state index in [0.717, 1.165) is 22.6 Å². The van der Waals surface area contributed by atoms with Crippen LogP contribution in [0.4, 0.5) is 17.1 Å². The van der Waals surface area contributed by atoms with Crippen LogP contribution in [0.2, 0.25) is 5.02 Å². The van der Waals surface area contributed by atoms with E-state index in [4.69, 9.17) is 11.6 Å². The largest absolute Gasteiger partial charge is 0.385 e. The summed E-state index contributed by atoms with van der Waals surface area (Å²) in [5, 5.41) is 9.39. The normalized spacial score (nSPS) is 10.1. The molecule has 0 bridgehead atoms. The first-order chi connectivity index (χ1) is 11.4. The third-order valence-corrected chi connectivity index (χ3v) is 3.58. The molecule has 6 heteroatoms. The molecule has 0 aliphatic heterocycles. The first kappa shape index (κ1) is 17.8. The van der Waals surface area contributed by atoms with Gasteiger partial charge < -0.3 is 16.0 Å². The molecule has 0 atom stereocenters. The smallest absolute Gasteiger partial charge is 0.226 e. The average molecular weight is 346 g/mol. The molecule has 2 rings (SSSR count). The Hall–Kier alpha value is -2.53. The molecule has 0 fully saturated rings. The van der Waals surface area contributed by atoms with Gasteiger partial charge in [0.2, 0.25) is 11.8 Å². The number of carbonyl (C=O) groups excluding carboxylic acids is 2. The number of hydrogen-bond acceptors (Lipinski definition) is 3. The van der Waals surface area contributed by atoms with E-state index in [2.05, 4.69) is 16.0 Å². The van der Waals surface area contributed by atoms with E-state index in [9.17, 15) is 9.59 Å². The first-order valence-electron chi connectivity index (χ1n) is 7.61. The predicted octanol–water partition coefficient (Wildman–Crippen LogP) is 4.05. The van der Waals surface area contributed by atoms with Crippen molar-refractivity contribution in [3.63, 3.8) is 0 Å². The zero-order chi connectivity index (χ0) is 17.5. The fourth-order valence-electron chi connectivity index (χ4n) is 2.18. The Morgan fingerprint density at radius 2 is 1.67 bits per heavy atom. The van der Waals surface area contributed by atoms with Crippen LogP contribution < -0.4 is 16.0 Å². The van der Waals surface area contributed by atoms with Crippen molar-refractivity contribution >= 4 is 40.5 Å². The molecule has 2 amide bonds. The number of carbonyl (C=O) groups is 2. The van der Waals surface area contributed by atoms with Crippen LogP contribution in [0.5, 0.6) is 0 Å². The van der Waals surface area contributed by atoms with Crippen molar-refractivity contribution in [3.05, 3.63) is 53.1 Å². The van der Waals surface area contributed by atoms with E-state index in [-0.39, 0.29) is 11.8 Å². The minimum Gasteiger partial charge on any atom is -0.385 e. The highest BCUT2D eigenvalue weighted by molar-refractivity contribution is 6.30. The summed E-state index contributed by atoms with van der Waals surface area (Å²) in [7, 11) is 0. The van der Waals surface area contributed by atoms with Crippen molar-refractivity contribution < 1.29 is 9.59 Å². The SMILES string of the molecule is CC(=O)Nc1ccc(NCCC(=O)Nc2ccc(Cl)cc2C)cc1. The van der Waals surface area contributed by atoms with E-state index in [1.807, 2.05) is 25.1 Å². The lowest BCUT2D eigenvalue weighted by Crippen LogP contribution is -2.16. The van der Waals surface area contributed by atoms with Gasteiger partial charge in [-0.25, -0.2) is 0 Å². The molecule has 0 saturated carbocycles. The van der Waals surface area contributed by atoms with E-state index >= 15 is 0 Å². The Balaban J connectivity index is 1.79. The molecule has 5 nitrogen and oxygen atoms in total. The maximum atomic E-state index is 12.0. The molecule has 3 N–H and O–H groups in total. The Labute approximate surface area is 146 Å². The maximum absolute atomic E-state index is 12.0. The molecule has 0 spiro atoms. The fourth-order valence-corrected chi connectivity index (χ4v) is 2.40. The Morgan fingerprint density at radius 1 is 1.00 bits per heavy atom. The Kier molecular flexibility index (Phi) is 6.21. The molecule has 0 radical (unpaired) electrons. The highest BCUT2D eigenvalue weighted by Gasteiger charge is 2.05. The summed E-state index contributed by atoms with van der Waals surface area (Å²) in [5.74, 6) is -0.173. The molecule has 0 aliphatic carbocycles. The number of nitrogens with one attached hydrogen (secondary N) is 3. The summed E-state index contributed by atoms with van der Waals surface area (Å²) < 4.78 is 0. The summed E-state index contributed by atoms with van der Waals surface area (Å²) in [4.78, 5) is 22.9. The number of hydrogen-bond donors (Lipinski definition) is 3. The lowest BCUT2D eigenvalue weighted by Gasteiger charge is -2.10. The molecule has 0 aromatic heterocycles. The lowest BCUT2D eigenvalue weighted by molar-refractivity contribution is -0.116. The minimum atomic E-state index is -0.107. The maximum Gasteiger partial charge on any atom is 0.226 e. The number of aryl methyl sites for hydroxylation is 1. The summed E-state index contributed by atoms with van der Waals surface area (Å²) >= 11 is 5.90. The molecule has 0 aliphatic rings. The van der Waals surface area contributed by atoms with Gasteiger partial charge in [0.1, 0.15) is 0 Å². The van der Waals surface area contributed by atoms with E-state index < -0.39 is 0 Å². The average Bonchev–Trinajstić information content (AvgIpc) is 2.51. The third kappa shape index (κ3) is 5.59. The van der Waals surface area contributed by atoms with Gasteiger partial charge in [-0.05, 0) is 55.0 Å². The second-order valence-electron chi connectivity index (χ2n) is 5.44. The van der Waals surface area contributed by atoms with Crippen molar-refractivity contribution in [3.8, 4) is 0 Å². The zero-order valence-electron chi connectivity index (χ0n) is 13.7. The van der Waals surface area contributed by atoms with Crippen LogP contribution in [0.1, 0.15) is 18.9 Å². The van der Waals surface area contributed by atoms with Gasteiger partial charge in [-0.3, -0.25) is 9.59 Å². The highest BCUT2D eigenvalue weighted by atomic mass is 35.5. The number of benzene rings is 2. The lowest BCUT2D eigenvalue weighted by atomic mass is 10.2. The fraction of sp³-hybridized carbons (Fsp3) is 0.222. The van der Waals surface area contributed by atoms with Gasteiger partial charge >= 0.3 is 0 Å². The monoisotopic (exact) mass is 345 g/mol. The highest BCUT2D eigenvalue weighted by Crippen LogP contribution is 2.19. The predicted molar refractivity (Wildman–Crippen MR) is 98.7 cm³/mol. The molecule has 0 heterocycles. The van der Waals surface area contributed by atoms with Crippen molar-refractivity contribution in [2.45, 2.75) is 20.3 Å². The van der Waals surface area contributed by atoms with E-state index in [0.29, 0.717) is 18.0 Å². The van der Waals surface area contributed by atoms with Gasteiger partial charge in [-0.1, -0.05) is 11.6 Å². The Morgan fingerprint density at radius 3 is 2.29 bits per heavy atom. The molecular weight excluding hydrogens is 326 g/mol. The topological polar surface area (TPSA) is 70.2 Å². The zero-order valence-corrected chi connectivity index (χ0v) is 14.4. The number of amides is 2. The summed E-state index contributed by atoms with van der Waals surface area (Å²) in [6, 6.07) is 12.7. The van der Waals surface area contributed by atoms with Gasteiger partial charge in [0.25, 0.3) is 0 Å². The van der Waals surface area contributed by atoms with Crippen LogP contribution in [0.25, 0.3) is 0 Å². The molecule has 0 unspecified atom stereocenters. The van der Waals surface area contributed by atoms with Gasteiger partial charge in [0, 0.05) is 42.0 Å². The van der Waals surface area contributed by atoms with Crippen molar-refractivity contribution in [1.29, 1.82) is 0 Å². The van der Waals surface area contributed by atoms with Crippen LogP contribution in [0.3, 0.4) is 0 Å². The van der Waals surface area contributed by atoms with Crippen LogP contribution >= 0.6 is 11.6 Å². The van der Waals surface area contributed by atoms with Crippen molar-refractivity contribution in [1.82, 2.24) is 0 Å². The second-order valence-corrected chi connectivity index (χ2v) is 5.88. The van der Waals surface area contributed by atoms with Crippen LogP contribution in [0, 0.1) is 6.92 Å². The number of halogens is 1. The van der Waals surface area contributed by atoms with Crippen LogP contribution in [0.15, 0.2) is 42.5 Å². The Bertz CT molecular complexity index is 730. The summed E-state index contributed by atoms with van der Waals surface area (Å²) in [6.45, 7) is 3.88. The second kappa shape index (κ2) is 8.36. The first-order valence-corrected chi connectivity index (χ1v) is 7.99. The van der Waals surface area contributed by atoms with E-state index in [1.54, 1.807) is 24.3 Å². The summed E-state index contributed by atoms with van der Waals surface area (Å²) in [5.41, 5.74) is 3.32. The molecule has 24 heavy (non-hydrogen) atoms. The molecule has 126 valence electrons. The number of anilines is 3. The van der Waals surface area contributed by atoms with Gasteiger partial charge in [0.15, 0.2) is 0 Å². The van der Waals surface area contributed by atoms with Gasteiger partial charge in [-0.15, -0.1) is 0 Å². The quantitative estimate of drug-likeness (QED) is 0.739. The molecular formula is C18H20ClN3O2. The number of rotatable bonds is 6. The molecule has 2 aromatic rings.